The van der Waals surface area contributed by atoms with E-state index in [1.54, 1.807) is 0 Å². The Bertz CT molecular complexity index is 329. The number of nitriles is 1. The third-order valence-electron chi connectivity index (χ3n) is 1.78. The van der Waals surface area contributed by atoms with Crippen molar-refractivity contribution in [3.05, 3.63) is 0 Å². The van der Waals surface area contributed by atoms with Crippen molar-refractivity contribution in [1.82, 2.24) is 5.32 Å². The summed E-state index contributed by atoms with van der Waals surface area (Å²) in [6, 6.07) is 1.93. The zero-order chi connectivity index (χ0) is 11.2. The fourth-order valence-corrected chi connectivity index (χ4v) is 1.19. The Morgan fingerprint density at radius 2 is 2.14 bits per heavy atom. The monoisotopic (exact) mass is 218 g/mol. The summed E-state index contributed by atoms with van der Waals surface area (Å²) in [4.78, 5) is 11.2. The second kappa shape index (κ2) is 5.60. The van der Waals surface area contributed by atoms with Gasteiger partial charge in [-0.05, 0) is 13.3 Å². The highest BCUT2D eigenvalue weighted by Crippen LogP contribution is 1.97. The van der Waals surface area contributed by atoms with Gasteiger partial charge in [-0.2, -0.15) is 5.26 Å². The number of nitrogens with one attached hydrogen (secondary N) is 1. The van der Waals surface area contributed by atoms with E-state index < -0.39 is 21.0 Å². The number of amides is 1. The molecule has 0 aliphatic heterocycles. The maximum atomic E-state index is 11.2. The highest BCUT2D eigenvalue weighted by Gasteiger charge is 2.22. The van der Waals surface area contributed by atoms with Gasteiger partial charge >= 0.3 is 0 Å². The van der Waals surface area contributed by atoms with Crippen LogP contribution in [0.4, 0.5) is 0 Å². The Morgan fingerprint density at radius 1 is 1.57 bits per heavy atom. The second-order valence-corrected chi connectivity index (χ2v) is 5.39. The first-order valence-electron chi connectivity index (χ1n) is 4.23. The summed E-state index contributed by atoms with van der Waals surface area (Å²) in [5, 5.41) is 9.64. The van der Waals surface area contributed by atoms with Gasteiger partial charge < -0.3 is 5.32 Å². The molecule has 0 aromatic carbocycles. The molecule has 1 atom stereocenters. The highest BCUT2D eigenvalue weighted by molar-refractivity contribution is 7.92. The minimum atomic E-state index is -3.32. The van der Waals surface area contributed by atoms with Gasteiger partial charge in [-0.15, -0.1) is 0 Å². The summed E-state index contributed by atoms with van der Waals surface area (Å²) in [6.07, 6.45) is 1.92. The summed E-state index contributed by atoms with van der Waals surface area (Å²) >= 11 is 0. The lowest BCUT2D eigenvalue weighted by Gasteiger charge is -2.09. The lowest BCUT2D eigenvalue weighted by molar-refractivity contribution is -0.120. The molecule has 1 N–H and O–H groups in total. The van der Waals surface area contributed by atoms with Crippen molar-refractivity contribution in [2.24, 2.45) is 0 Å². The van der Waals surface area contributed by atoms with E-state index in [1.807, 2.05) is 6.07 Å². The molecular weight excluding hydrogens is 204 g/mol. The van der Waals surface area contributed by atoms with Gasteiger partial charge in [-0.3, -0.25) is 4.79 Å². The number of carbonyl (C=O) groups is 1. The maximum absolute atomic E-state index is 11.2. The van der Waals surface area contributed by atoms with Crippen molar-refractivity contribution >= 4 is 15.7 Å². The number of hydrogen-bond acceptors (Lipinski definition) is 4. The average molecular weight is 218 g/mol. The first-order chi connectivity index (χ1) is 6.39. The molecule has 0 radical (unpaired) electrons. The van der Waals surface area contributed by atoms with E-state index in [-0.39, 0.29) is 0 Å². The minimum absolute atomic E-state index is 0.340. The molecule has 6 heteroatoms. The van der Waals surface area contributed by atoms with E-state index in [4.69, 9.17) is 5.26 Å². The third-order valence-corrected chi connectivity index (χ3v) is 3.27. The van der Waals surface area contributed by atoms with Crippen molar-refractivity contribution in [1.29, 1.82) is 5.26 Å². The van der Waals surface area contributed by atoms with Crippen molar-refractivity contribution in [3.63, 3.8) is 0 Å². The van der Waals surface area contributed by atoms with Crippen molar-refractivity contribution in [2.75, 3.05) is 12.8 Å². The minimum Gasteiger partial charge on any atom is -0.355 e. The summed E-state index contributed by atoms with van der Waals surface area (Å²) in [7, 11) is -3.32. The van der Waals surface area contributed by atoms with Crippen LogP contribution in [0.1, 0.15) is 19.8 Å². The van der Waals surface area contributed by atoms with E-state index in [0.29, 0.717) is 19.4 Å². The van der Waals surface area contributed by atoms with E-state index in [2.05, 4.69) is 5.32 Å². The molecule has 0 bridgehead atoms. The highest BCUT2D eigenvalue weighted by atomic mass is 32.2. The van der Waals surface area contributed by atoms with Crippen LogP contribution in [0.15, 0.2) is 0 Å². The number of nitrogens with zero attached hydrogens (tertiary/aromatic N) is 1. The van der Waals surface area contributed by atoms with Crippen molar-refractivity contribution < 1.29 is 13.2 Å². The van der Waals surface area contributed by atoms with Gasteiger partial charge in [0.05, 0.1) is 6.07 Å². The third kappa shape index (κ3) is 4.82. The standard InChI is InChI=1S/C8H14N2O3S/c1-7(14(2,12)13)8(11)10-6-4-3-5-9/h7H,3-4,6H2,1-2H3,(H,10,11). The summed E-state index contributed by atoms with van der Waals surface area (Å²) in [5.41, 5.74) is 0. The molecule has 0 aromatic heterocycles. The Kier molecular flexibility index (Phi) is 5.16. The van der Waals surface area contributed by atoms with Gasteiger partial charge in [-0.25, -0.2) is 8.42 Å². The zero-order valence-electron chi connectivity index (χ0n) is 8.28. The van der Waals surface area contributed by atoms with E-state index >= 15 is 0 Å². The average Bonchev–Trinajstić information content (AvgIpc) is 2.09. The lowest BCUT2D eigenvalue weighted by Crippen LogP contribution is -2.37. The molecule has 0 heterocycles. The summed E-state index contributed by atoms with van der Waals surface area (Å²) in [5.74, 6) is -0.509. The molecule has 14 heavy (non-hydrogen) atoms. The van der Waals surface area contributed by atoms with Crippen LogP contribution < -0.4 is 5.32 Å². The van der Waals surface area contributed by atoms with Gasteiger partial charge in [0.15, 0.2) is 9.84 Å². The fraction of sp³-hybridized carbons (Fsp3) is 0.750. The SMILES string of the molecule is CC(C(=O)NCCCC#N)S(C)(=O)=O. The quantitative estimate of drug-likeness (QED) is 0.649. The Morgan fingerprint density at radius 3 is 2.57 bits per heavy atom. The predicted molar refractivity (Wildman–Crippen MR) is 52.2 cm³/mol. The molecule has 1 amide bonds. The largest absolute Gasteiger partial charge is 0.355 e. The van der Waals surface area contributed by atoms with E-state index in [1.165, 1.54) is 6.92 Å². The van der Waals surface area contributed by atoms with Crippen molar-refractivity contribution in [2.45, 2.75) is 25.0 Å². The van der Waals surface area contributed by atoms with E-state index in [9.17, 15) is 13.2 Å². The molecule has 1 unspecified atom stereocenters. The molecule has 0 spiro atoms. The molecule has 0 aliphatic carbocycles. The molecule has 5 nitrogen and oxygen atoms in total. The van der Waals surface area contributed by atoms with E-state index in [0.717, 1.165) is 6.26 Å². The fourth-order valence-electron chi connectivity index (χ4n) is 0.717. The molecule has 0 saturated carbocycles. The van der Waals surface area contributed by atoms with Crippen LogP contribution in [0.25, 0.3) is 0 Å². The number of sulfone groups is 1. The Hall–Kier alpha value is -1.09. The van der Waals surface area contributed by atoms with Gasteiger partial charge in [0, 0.05) is 19.2 Å². The van der Waals surface area contributed by atoms with Gasteiger partial charge in [0.1, 0.15) is 5.25 Å². The predicted octanol–water partition coefficient (Wildman–Crippen LogP) is -0.161. The number of rotatable bonds is 5. The van der Waals surface area contributed by atoms with Crippen LogP contribution in [-0.4, -0.2) is 32.4 Å². The Labute approximate surface area is 84.0 Å². The summed E-state index contributed by atoms with van der Waals surface area (Å²) in [6.45, 7) is 1.68. The second-order valence-electron chi connectivity index (χ2n) is 3.02. The van der Waals surface area contributed by atoms with Crippen LogP contribution in [-0.2, 0) is 14.6 Å². The molecular formula is C8H14N2O3S. The van der Waals surface area contributed by atoms with Crippen LogP contribution in [0.3, 0.4) is 0 Å². The number of unbranched alkanes of at least 4 members (excludes halogenated alkanes) is 1. The van der Waals surface area contributed by atoms with Crippen LogP contribution in [0, 0.1) is 11.3 Å². The Balaban J connectivity index is 3.94. The normalized spacial score (nSPS) is 12.9. The first-order valence-corrected chi connectivity index (χ1v) is 6.18. The number of hydrogen-bond donors (Lipinski definition) is 1. The molecule has 0 aliphatic rings. The molecule has 0 aromatic rings. The molecule has 80 valence electrons. The first kappa shape index (κ1) is 12.9. The van der Waals surface area contributed by atoms with Crippen LogP contribution in [0.5, 0.6) is 0 Å². The van der Waals surface area contributed by atoms with Gasteiger partial charge in [0.25, 0.3) is 0 Å². The lowest BCUT2D eigenvalue weighted by atomic mass is 10.3. The van der Waals surface area contributed by atoms with Gasteiger partial charge in [0.2, 0.25) is 5.91 Å². The van der Waals surface area contributed by atoms with Gasteiger partial charge in [-0.1, -0.05) is 0 Å². The molecule has 0 saturated heterocycles. The topological polar surface area (TPSA) is 87.0 Å². The zero-order valence-corrected chi connectivity index (χ0v) is 9.10. The number of carbonyl (C=O) groups excluding carboxylic acids is 1. The summed E-state index contributed by atoms with van der Waals surface area (Å²) < 4.78 is 21.9. The molecule has 0 rings (SSSR count). The van der Waals surface area contributed by atoms with Crippen LogP contribution >= 0.6 is 0 Å². The van der Waals surface area contributed by atoms with Crippen molar-refractivity contribution in [3.8, 4) is 6.07 Å². The maximum Gasteiger partial charge on any atom is 0.238 e. The van der Waals surface area contributed by atoms with Crippen LogP contribution in [0.2, 0.25) is 0 Å². The molecule has 0 fully saturated rings. The smallest absolute Gasteiger partial charge is 0.238 e.